The summed E-state index contributed by atoms with van der Waals surface area (Å²) in [6.45, 7) is 1.80. The average molecular weight is 442 g/mol. The normalized spacial score (nSPS) is 15.4. The fourth-order valence-corrected chi connectivity index (χ4v) is 2.59. The molecule has 1 fully saturated rings. The van der Waals surface area contributed by atoms with Gasteiger partial charge in [-0.1, -0.05) is 20.8 Å². The van der Waals surface area contributed by atoms with Gasteiger partial charge in [-0.3, -0.25) is 19.2 Å². The van der Waals surface area contributed by atoms with Crippen molar-refractivity contribution in [3.05, 3.63) is 18.2 Å². The van der Waals surface area contributed by atoms with E-state index < -0.39 is 41.5 Å². The molecule has 0 unspecified atom stereocenters. The Labute approximate surface area is 177 Å². The summed E-state index contributed by atoms with van der Waals surface area (Å²) < 4.78 is 35.3. The highest BCUT2D eigenvalue weighted by molar-refractivity contribution is 6.12. The van der Waals surface area contributed by atoms with Gasteiger partial charge in [0, 0.05) is 23.7 Å². The molecule has 10 nitrogen and oxygen atoms in total. The fraction of sp³-hybridized carbons (Fsp3) is 0.474. The summed E-state index contributed by atoms with van der Waals surface area (Å²) in [6, 6.07) is 2.05. The molecular weight excluding hydrogens is 418 g/mol. The number of hydrogen-bond acceptors (Lipinski definition) is 6. The molecule has 1 aromatic rings. The Bertz CT molecular complexity index is 871. The van der Waals surface area contributed by atoms with E-state index in [1.165, 1.54) is 17.0 Å². The van der Waals surface area contributed by atoms with Crippen LogP contribution in [-0.2, 0) is 23.9 Å². The number of benzene rings is 1. The van der Waals surface area contributed by atoms with Gasteiger partial charge in [-0.2, -0.15) is 8.78 Å². The van der Waals surface area contributed by atoms with E-state index in [0.717, 1.165) is 6.07 Å². The SMILES string of the molecule is CC(C)(C)C(=O)N[C@@H](C(N)=O)C(=O)Nc1ccc(N2CCOCC2=O)cc1OC(F)F. The lowest BCUT2D eigenvalue weighted by Gasteiger charge is -2.27. The number of nitrogens with one attached hydrogen (secondary N) is 2. The summed E-state index contributed by atoms with van der Waals surface area (Å²) in [4.78, 5) is 49.7. The van der Waals surface area contributed by atoms with E-state index >= 15 is 0 Å². The lowest BCUT2D eigenvalue weighted by molar-refractivity contribution is -0.136. The Morgan fingerprint density at radius 1 is 1.26 bits per heavy atom. The Morgan fingerprint density at radius 3 is 2.48 bits per heavy atom. The van der Waals surface area contributed by atoms with Crippen LogP contribution in [0.4, 0.5) is 20.2 Å². The van der Waals surface area contributed by atoms with E-state index in [1.54, 1.807) is 20.8 Å². The van der Waals surface area contributed by atoms with Gasteiger partial charge in [-0.05, 0) is 12.1 Å². The Hall–Kier alpha value is -3.28. The molecular formula is C19H24F2N4O6. The van der Waals surface area contributed by atoms with Crippen LogP contribution in [0.5, 0.6) is 5.75 Å². The third kappa shape index (κ3) is 6.35. The minimum atomic E-state index is -3.22. The molecule has 31 heavy (non-hydrogen) atoms. The van der Waals surface area contributed by atoms with Crippen molar-refractivity contribution in [3.8, 4) is 5.75 Å². The number of hydrogen-bond donors (Lipinski definition) is 3. The van der Waals surface area contributed by atoms with Gasteiger partial charge in [-0.25, -0.2) is 0 Å². The van der Waals surface area contributed by atoms with Crippen LogP contribution in [-0.4, -0.2) is 56.0 Å². The number of amides is 4. The van der Waals surface area contributed by atoms with Crippen molar-refractivity contribution in [2.45, 2.75) is 33.4 Å². The first-order chi connectivity index (χ1) is 14.4. The smallest absolute Gasteiger partial charge is 0.387 e. The highest BCUT2D eigenvalue weighted by Gasteiger charge is 2.32. The number of primary amides is 1. The first-order valence-electron chi connectivity index (χ1n) is 9.28. The summed E-state index contributed by atoms with van der Waals surface area (Å²) >= 11 is 0. The largest absolute Gasteiger partial charge is 0.433 e. The van der Waals surface area contributed by atoms with Crippen molar-refractivity contribution in [2.24, 2.45) is 11.1 Å². The zero-order valence-electron chi connectivity index (χ0n) is 17.2. The molecule has 0 spiro atoms. The molecule has 1 aliphatic heterocycles. The number of anilines is 2. The average Bonchev–Trinajstić information content (AvgIpc) is 2.66. The van der Waals surface area contributed by atoms with Crippen LogP contribution in [0, 0.1) is 5.41 Å². The third-order valence-electron chi connectivity index (χ3n) is 4.24. The van der Waals surface area contributed by atoms with Crippen molar-refractivity contribution >= 4 is 35.0 Å². The Morgan fingerprint density at radius 2 is 1.94 bits per heavy atom. The molecule has 0 bridgehead atoms. The molecule has 4 amide bonds. The first-order valence-corrected chi connectivity index (χ1v) is 9.28. The number of alkyl halides is 2. The van der Waals surface area contributed by atoms with Crippen LogP contribution in [0.3, 0.4) is 0 Å². The summed E-state index contributed by atoms with van der Waals surface area (Å²) in [7, 11) is 0. The fourth-order valence-electron chi connectivity index (χ4n) is 2.59. The number of halogens is 2. The zero-order chi connectivity index (χ0) is 23.3. The first kappa shape index (κ1) is 24.0. The van der Waals surface area contributed by atoms with E-state index in [0.29, 0.717) is 0 Å². The number of carbonyl (C=O) groups excluding carboxylic acids is 4. The van der Waals surface area contributed by atoms with Crippen LogP contribution in [0.1, 0.15) is 20.8 Å². The second kappa shape index (κ2) is 9.69. The maximum Gasteiger partial charge on any atom is 0.387 e. The molecule has 1 saturated heterocycles. The van der Waals surface area contributed by atoms with Crippen LogP contribution in [0.25, 0.3) is 0 Å². The standard InChI is InChI=1S/C19H24F2N4O6/c1-19(2,3)17(29)24-14(15(22)27)16(28)23-11-5-4-10(8-12(11)31-18(20)21)25-6-7-30-9-13(25)26/h4-5,8,14,18H,6-7,9H2,1-3H3,(H2,22,27)(H,23,28)(H,24,29)/t14-/m0/s1. The predicted molar refractivity (Wildman–Crippen MR) is 105 cm³/mol. The summed E-state index contributed by atoms with van der Waals surface area (Å²) in [5.41, 5.74) is 4.36. The van der Waals surface area contributed by atoms with Crippen molar-refractivity contribution in [1.29, 1.82) is 0 Å². The van der Waals surface area contributed by atoms with E-state index in [1.807, 2.05) is 0 Å². The monoisotopic (exact) mass is 442 g/mol. The molecule has 0 aliphatic carbocycles. The quantitative estimate of drug-likeness (QED) is 0.529. The minimum absolute atomic E-state index is 0.155. The number of morpholine rings is 1. The molecule has 0 radical (unpaired) electrons. The van der Waals surface area contributed by atoms with Gasteiger partial charge >= 0.3 is 6.61 Å². The van der Waals surface area contributed by atoms with Crippen molar-refractivity contribution in [3.63, 3.8) is 0 Å². The second-order valence-corrected chi connectivity index (χ2v) is 7.71. The maximum atomic E-state index is 12.9. The number of nitrogens with zero attached hydrogens (tertiary/aromatic N) is 1. The molecule has 2 rings (SSSR count). The lowest BCUT2D eigenvalue weighted by Crippen LogP contribution is -2.54. The highest BCUT2D eigenvalue weighted by atomic mass is 19.3. The molecule has 4 N–H and O–H groups in total. The third-order valence-corrected chi connectivity index (χ3v) is 4.24. The number of carbonyl (C=O) groups is 4. The van der Waals surface area contributed by atoms with Crippen molar-refractivity contribution in [1.82, 2.24) is 5.32 Å². The van der Waals surface area contributed by atoms with Crippen LogP contribution in [0.15, 0.2) is 18.2 Å². The predicted octanol–water partition coefficient (Wildman–Crippen LogP) is 0.606. The summed E-state index contributed by atoms with van der Waals surface area (Å²) in [6.07, 6.45) is 0. The van der Waals surface area contributed by atoms with E-state index in [-0.39, 0.29) is 37.0 Å². The molecule has 12 heteroatoms. The van der Waals surface area contributed by atoms with Gasteiger partial charge in [0.05, 0.1) is 12.3 Å². The van der Waals surface area contributed by atoms with Gasteiger partial charge in [0.15, 0.2) is 11.8 Å². The van der Waals surface area contributed by atoms with Crippen LogP contribution < -0.4 is 26.0 Å². The summed E-state index contributed by atoms with van der Waals surface area (Å²) in [5.74, 6) is -3.60. The number of ether oxygens (including phenoxy) is 2. The topological polar surface area (TPSA) is 140 Å². The van der Waals surface area contributed by atoms with Gasteiger partial charge in [0.1, 0.15) is 6.61 Å². The molecule has 0 aromatic heterocycles. The van der Waals surface area contributed by atoms with E-state index in [4.69, 9.17) is 10.5 Å². The van der Waals surface area contributed by atoms with Gasteiger partial charge in [-0.15, -0.1) is 0 Å². The van der Waals surface area contributed by atoms with E-state index in [2.05, 4.69) is 15.4 Å². The lowest BCUT2D eigenvalue weighted by atomic mass is 9.95. The second-order valence-electron chi connectivity index (χ2n) is 7.71. The van der Waals surface area contributed by atoms with Gasteiger partial charge < -0.3 is 30.7 Å². The van der Waals surface area contributed by atoms with Crippen molar-refractivity contribution < 1.29 is 37.4 Å². The van der Waals surface area contributed by atoms with Crippen molar-refractivity contribution in [2.75, 3.05) is 30.0 Å². The highest BCUT2D eigenvalue weighted by Crippen LogP contribution is 2.32. The Balaban J connectivity index is 2.28. The molecule has 1 atom stereocenters. The molecule has 170 valence electrons. The molecule has 1 aliphatic rings. The summed E-state index contributed by atoms with van der Waals surface area (Å²) in [5, 5.41) is 4.48. The van der Waals surface area contributed by atoms with E-state index in [9.17, 15) is 28.0 Å². The van der Waals surface area contributed by atoms with Crippen LogP contribution >= 0.6 is 0 Å². The molecule has 0 saturated carbocycles. The van der Waals surface area contributed by atoms with Gasteiger partial charge in [0.25, 0.3) is 11.8 Å². The van der Waals surface area contributed by atoms with Crippen LogP contribution in [0.2, 0.25) is 0 Å². The maximum absolute atomic E-state index is 12.9. The number of nitrogens with two attached hydrogens (primary N) is 1. The molecule has 1 heterocycles. The Kier molecular flexibility index (Phi) is 7.50. The van der Waals surface area contributed by atoms with Gasteiger partial charge in [0.2, 0.25) is 11.8 Å². The zero-order valence-corrected chi connectivity index (χ0v) is 17.2. The molecule has 1 aromatic carbocycles. The number of rotatable bonds is 7. The minimum Gasteiger partial charge on any atom is -0.433 e.